The summed E-state index contributed by atoms with van der Waals surface area (Å²) >= 11 is 1.71. The van der Waals surface area contributed by atoms with Gasteiger partial charge in [-0.1, -0.05) is 6.92 Å². The summed E-state index contributed by atoms with van der Waals surface area (Å²) in [4.78, 5) is 11.2. The molecule has 2 unspecified atom stereocenters. The Hall–Kier alpha value is -0.260. The van der Waals surface area contributed by atoms with Crippen molar-refractivity contribution in [3.63, 3.8) is 0 Å². The van der Waals surface area contributed by atoms with Gasteiger partial charge in [0.2, 0.25) is 0 Å². The Balaban J connectivity index is 2.58. The van der Waals surface area contributed by atoms with Crippen molar-refractivity contribution in [3.8, 4) is 0 Å². The molecule has 1 rings (SSSR count). The van der Waals surface area contributed by atoms with Gasteiger partial charge in [-0.05, 0) is 12.2 Å². The van der Waals surface area contributed by atoms with Crippen LogP contribution >= 0.6 is 11.8 Å². The molecule has 0 aromatic heterocycles. The van der Waals surface area contributed by atoms with E-state index in [4.69, 9.17) is 4.74 Å². The number of carbonyl (C=O) groups is 1. The third-order valence-corrected chi connectivity index (χ3v) is 4.03. The average molecular weight is 219 g/mol. The van der Waals surface area contributed by atoms with Gasteiger partial charge in [-0.15, -0.1) is 0 Å². The van der Waals surface area contributed by atoms with Crippen LogP contribution in [0.2, 0.25) is 0 Å². The Morgan fingerprint density at radius 3 is 2.93 bits per heavy atom. The predicted octanol–water partition coefficient (Wildman–Crippen LogP) is 0.571. The molecule has 0 bridgehead atoms. The molecule has 2 atom stereocenters. The first-order valence-corrected chi connectivity index (χ1v) is 5.77. The quantitative estimate of drug-likeness (QED) is 0.662. The van der Waals surface area contributed by atoms with Crippen LogP contribution in [-0.2, 0) is 9.53 Å². The van der Waals surface area contributed by atoms with Crippen LogP contribution in [0, 0.1) is 0 Å². The molecule has 0 spiro atoms. The molecule has 0 aromatic rings. The topological polar surface area (TPSA) is 58.6 Å². The minimum absolute atomic E-state index is 0.122. The van der Waals surface area contributed by atoms with E-state index in [0.717, 1.165) is 5.75 Å². The van der Waals surface area contributed by atoms with Crippen molar-refractivity contribution in [2.45, 2.75) is 24.1 Å². The lowest BCUT2D eigenvalue weighted by Crippen LogP contribution is -2.56. The lowest BCUT2D eigenvalue weighted by Gasteiger charge is -2.29. The van der Waals surface area contributed by atoms with E-state index in [-0.39, 0.29) is 5.25 Å². The summed E-state index contributed by atoms with van der Waals surface area (Å²) in [6.07, 6.45) is 0.692. The zero-order valence-electron chi connectivity index (χ0n) is 8.58. The second kappa shape index (κ2) is 5.00. The van der Waals surface area contributed by atoms with E-state index < -0.39 is 11.5 Å². The van der Waals surface area contributed by atoms with Gasteiger partial charge in [0, 0.05) is 18.9 Å². The first-order valence-electron chi connectivity index (χ1n) is 4.72. The number of methoxy groups -OCH3 is 1. The predicted molar refractivity (Wildman–Crippen MR) is 56.8 cm³/mol. The second-order valence-corrected chi connectivity index (χ2v) is 4.91. The van der Waals surface area contributed by atoms with Crippen LogP contribution in [0.5, 0.6) is 0 Å². The Morgan fingerprint density at radius 1 is 1.79 bits per heavy atom. The molecule has 0 amide bonds. The Morgan fingerprint density at radius 2 is 2.50 bits per heavy atom. The van der Waals surface area contributed by atoms with E-state index >= 15 is 0 Å². The van der Waals surface area contributed by atoms with E-state index in [9.17, 15) is 9.90 Å². The van der Waals surface area contributed by atoms with Gasteiger partial charge in [0.05, 0.1) is 6.61 Å². The number of carboxylic acids is 1. The van der Waals surface area contributed by atoms with E-state index in [1.165, 1.54) is 0 Å². The van der Waals surface area contributed by atoms with Gasteiger partial charge in [0.15, 0.2) is 0 Å². The standard InChI is InChI=1S/C9H17NO3S/c1-7-9(8(11)12,3-6-14-7)10-4-5-13-2/h7,10H,3-6H2,1-2H3,(H,11,12). The van der Waals surface area contributed by atoms with E-state index in [0.29, 0.717) is 19.6 Å². The van der Waals surface area contributed by atoms with Crippen LogP contribution in [0.25, 0.3) is 0 Å². The number of thioether (sulfide) groups is 1. The molecule has 0 saturated carbocycles. The van der Waals surface area contributed by atoms with Crippen molar-refractivity contribution in [1.29, 1.82) is 0 Å². The highest BCUT2D eigenvalue weighted by Gasteiger charge is 2.47. The van der Waals surface area contributed by atoms with Gasteiger partial charge in [-0.3, -0.25) is 10.1 Å². The van der Waals surface area contributed by atoms with Gasteiger partial charge >= 0.3 is 5.97 Å². The maximum atomic E-state index is 11.2. The summed E-state index contributed by atoms with van der Waals surface area (Å²) < 4.78 is 4.90. The molecule has 5 heteroatoms. The monoisotopic (exact) mass is 219 g/mol. The van der Waals surface area contributed by atoms with Crippen molar-refractivity contribution in [1.82, 2.24) is 5.32 Å². The normalized spacial score (nSPS) is 32.0. The number of aliphatic carboxylic acids is 1. The lowest BCUT2D eigenvalue weighted by atomic mass is 9.93. The van der Waals surface area contributed by atoms with Gasteiger partial charge in [-0.2, -0.15) is 11.8 Å². The van der Waals surface area contributed by atoms with Crippen LogP contribution in [0.4, 0.5) is 0 Å². The summed E-state index contributed by atoms with van der Waals surface area (Å²) in [5.41, 5.74) is -0.747. The summed E-state index contributed by atoms with van der Waals surface area (Å²) in [5, 5.41) is 12.4. The lowest BCUT2D eigenvalue weighted by molar-refractivity contribution is -0.144. The Bertz CT molecular complexity index is 212. The fraction of sp³-hybridized carbons (Fsp3) is 0.889. The summed E-state index contributed by atoms with van der Waals surface area (Å²) in [5.74, 6) is 0.166. The highest BCUT2D eigenvalue weighted by molar-refractivity contribution is 8.00. The number of carboxylic acid groups (broad SMARTS) is 1. The second-order valence-electron chi connectivity index (χ2n) is 3.46. The fourth-order valence-electron chi connectivity index (χ4n) is 1.71. The molecule has 1 saturated heterocycles. The summed E-state index contributed by atoms with van der Waals surface area (Å²) in [6.45, 7) is 3.10. The third-order valence-electron chi connectivity index (χ3n) is 2.69. The minimum atomic E-state index is -0.747. The van der Waals surface area contributed by atoms with Gasteiger partial charge in [0.25, 0.3) is 0 Å². The number of ether oxygens (including phenoxy) is 1. The van der Waals surface area contributed by atoms with Crippen molar-refractivity contribution < 1.29 is 14.6 Å². The highest BCUT2D eigenvalue weighted by atomic mass is 32.2. The highest BCUT2D eigenvalue weighted by Crippen LogP contribution is 2.35. The van der Waals surface area contributed by atoms with Gasteiger partial charge in [0.1, 0.15) is 5.54 Å². The van der Waals surface area contributed by atoms with E-state index in [1.807, 2.05) is 6.92 Å². The molecular formula is C9H17NO3S. The molecule has 14 heavy (non-hydrogen) atoms. The molecule has 0 aliphatic carbocycles. The number of nitrogens with one attached hydrogen (secondary N) is 1. The Kier molecular flexibility index (Phi) is 4.22. The zero-order chi connectivity index (χ0) is 10.6. The maximum Gasteiger partial charge on any atom is 0.325 e. The smallest absolute Gasteiger partial charge is 0.325 e. The summed E-state index contributed by atoms with van der Waals surface area (Å²) in [7, 11) is 1.61. The average Bonchev–Trinajstić information content (AvgIpc) is 2.49. The van der Waals surface area contributed by atoms with Gasteiger partial charge < -0.3 is 9.84 Å². The van der Waals surface area contributed by atoms with Crippen LogP contribution in [0.1, 0.15) is 13.3 Å². The maximum absolute atomic E-state index is 11.2. The van der Waals surface area contributed by atoms with Crippen LogP contribution < -0.4 is 5.32 Å². The number of rotatable bonds is 5. The van der Waals surface area contributed by atoms with E-state index in [1.54, 1.807) is 18.9 Å². The van der Waals surface area contributed by atoms with Crippen LogP contribution in [0.15, 0.2) is 0 Å². The molecule has 1 fully saturated rings. The third kappa shape index (κ3) is 2.21. The van der Waals surface area contributed by atoms with Crippen molar-refractivity contribution >= 4 is 17.7 Å². The van der Waals surface area contributed by atoms with E-state index in [2.05, 4.69) is 5.32 Å². The molecule has 82 valence electrons. The van der Waals surface area contributed by atoms with Crippen molar-refractivity contribution in [2.75, 3.05) is 26.0 Å². The largest absolute Gasteiger partial charge is 0.480 e. The molecule has 1 aliphatic heterocycles. The molecule has 1 aliphatic rings. The van der Waals surface area contributed by atoms with Crippen molar-refractivity contribution in [2.24, 2.45) is 0 Å². The zero-order valence-corrected chi connectivity index (χ0v) is 9.39. The molecule has 2 N–H and O–H groups in total. The first kappa shape index (κ1) is 11.8. The Labute approximate surface area is 88.4 Å². The first-order chi connectivity index (χ1) is 6.63. The summed E-state index contributed by atoms with van der Waals surface area (Å²) in [6, 6.07) is 0. The molecule has 1 heterocycles. The van der Waals surface area contributed by atoms with Gasteiger partial charge in [-0.25, -0.2) is 0 Å². The van der Waals surface area contributed by atoms with Crippen LogP contribution in [-0.4, -0.2) is 47.9 Å². The number of hydrogen-bond acceptors (Lipinski definition) is 4. The minimum Gasteiger partial charge on any atom is -0.480 e. The molecule has 0 aromatic carbocycles. The molecule has 4 nitrogen and oxygen atoms in total. The van der Waals surface area contributed by atoms with Crippen LogP contribution in [0.3, 0.4) is 0 Å². The number of hydrogen-bond donors (Lipinski definition) is 2. The molecular weight excluding hydrogens is 202 g/mol. The van der Waals surface area contributed by atoms with Crippen molar-refractivity contribution in [3.05, 3.63) is 0 Å². The SMILES string of the molecule is COCCNC1(C(=O)O)CCSC1C. The molecule has 0 radical (unpaired) electrons. The fourth-order valence-corrected chi connectivity index (χ4v) is 3.09.